The molecule has 2 aliphatic heterocycles. The van der Waals surface area contributed by atoms with E-state index in [1.165, 1.54) is 0 Å². The molecule has 0 bridgehead atoms. The number of ether oxygens (including phenoxy) is 1. The lowest BCUT2D eigenvalue weighted by atomic mass is 10.0. The Kier molecular flexibility index (Phi) is 6.67. The molecule has 2 amide bonds. The number of nitrogens with one attached hydrogen (secondary N) is 2. The molecule has 7 heteroatoms. The van der Waals surface area contributed by atoms with Crippen LogP contribution in [0.25, 0.3) is 0 Å². The molecule has 138 valence electrons. The number of amides is 2. The second kappa shape index (κ2) is 8.54. The molecule has 2 atom stereocenters. The molecular formula is C18H26ClN3O3. The van der Waals surface area contributed by atoms with Gasteiger partial charge in [0.2, 0.25) is 11.8 Å². The number of carbonyl (C=O) groups excluding carboxylic acids is 2. The van der Waals surface area contributed by atoms with Gasteiger partial charge >= 0.3 is 0 Å². The fourth-order valence-corrected chi connectivity index (χ4v) is 3.42. The van der Waals surface area contributed by atoms with E-state index in [1.54, 1.807) is 12.0 Å². The van der Waals surface area contributed by atoms with Gasteiger partial charge in [-0.3, -0.25) is 9.59 Å². The van der Waals surface area contributed by atoms with Crippen molar-refractivity contribution in [3.63, 3.8) is 0 Å². The molecule has 3 rings (SSSR count). The summed E-state index contributed by atoms with van der Waals surface area (Å²) >= 11 is 0. The lowest BCUT2D eigenvalue weighted by Gasteiger charge is -2.25. The highest BCUT2D eigenvalue weighted by Crippen LogP contribution is 2.34. The van der Waals surface area contributed by atoms with Crippen molar-refractivity contribution in [2.24, 2.45) is 5.92 Å². The molecule has 1 aromatic rings. The van der Waals surface area contributed by atoms with Crippen LogP contribution in [0.15, 0.2) is 18.2 Å². The zero-order valence-corrected chi connectivity index (χ0v) is 15.5. The first kappa shape index (κ1) is 19.5. The number of halogens is 1. The fraction of sp³-hybridized carbons (Fsp3) is 0.556. The SMILES string of the molecule is COc1ccc(C)cc1N1CC(C(=O)NC2CCCNC2)CC1=O.Cl. The lowest BCUT2D eigenvalue weighted by molar-refractivity contribution is -0.127. The molecule has 0 spiro atoms. The summed E-state index contributed by atoms with van der Waals surface area (Å²) in [4.78, 5) is 26.6. The third-order valence-electron chi connectivity index (χ3n) is 4.76. The number of nitrogens with zero attached hydrogens (tertiary/aromatic N) is 1. The van der Waals surface area contributed by atoms with Gasteiger partial charge in [-0.05, 0) is 44.0 Å². The Morgan fingerprint density at radius 1 is 1.40 bits per heavy atom. The first-order valence-corrected chi connectivity index (χ1v) is 8.54. The number of aryl methyl sites for hydroxylation is 1. The topological polar surface area (TPSA) is 70.7 Å². The van der Waals surface area contributed by atoms with Crippen LogP contribution < -0.4 is 20.3 Å². The van der Waals surface area contributed by atoms with E-state index in [0.717, 1.165) is 37.2 Å². The molecule has 2 N–H and O–H groups in total. The number of rotatable bonds is 4. The third kappa shape index (κ3) is 4.44. The molecule has 0 aliphatic carbocycles. The molecule has 2 unspecified atom stereocenters. The van der Waals surface area contributed by atoms with E-state index in [1.807, 2.05) is 25.1 Å². The second-order valence-electron chi connectivity index (χ2n) is 6.63. The summed E-state index contributed by atoms with van der Waals surface area (Å²) in [5, 5.41) is 6.37. The molecule has 0 aromatic heterocycles. The van der Waals surface area contributed by atoms with Crippen molar-refractivity contribution in [2.45, 2.75) is 32.2 Å². The average Bonchev–Trinajstić information content (AvgIpc) is 2.97. The van der Waals surface area contributed by atoms with Gasteiger partial charge in [0.25, 0.3) is 0 Å². The van der Waals surface area contributed by atoms with Gasteiger partial charge in [0, 0.05) is 25.6 Å². The summed E-state index contributed by atoms with van der Waals surface area (Å²) in [5.41, 5.74) is 1.80. The van der Waals surface area contributed by atoms with Crippen LogP contribution >= 0.6 is 12.4 Å². The quantitative estimate of drug-likeness (QED) is 0.848. The summed E-state index contributed by atoms with van der Waals surface area (Å²) in [7, 11) is 1.59. The van der Waals surface area contributed by atoms with E-state index in [4.69, 9.17) is 4.74 Å². The van der Waals surface area contributed by atoms with Crippen molar-refractivity contribution in [1.82, 2.24) is 10.6 Å². The van der Waals surface area contributed by atoms with Crippen molar-refractivity contribution in [1.29, 1.82) is 0 Å². The van der Waals surface area contributed by atoms with E-state index in [-0.39, 0.29) is 42.6 Å². The number of hydrogen-bond acceptors (Lipinski definition) is 4. The zero-order valence-electron chi connectivity index (χ0n) is 14.7. The first-order valence-electron chi connectivity index (χ1n) is 8.54. The van der Waals surface area contributed by atoms with Crippen molar-refractivity contribution in [3.8, 4) is 5.75 Å². The van der Waals surface area contributed by atoms with Crippen LogP contribution in [0.5, 0.6) is 5.75 Å². The Bertz CT molecular complexity index is 632. The monoisotopic (exact) mass is 367 g/mol. The molecule has 0 radical (unpaired) electrons. The maximum absolute atomic E-state index is 12.5. The summed E-state index contributed by atoms with van der Waals surface area (Å²) in [6.45, 7) is 4.20. The fourth-order valence-electron chi connectivity index (χ4n) is 3.42. The average molecular weight is 368 g/mol. The van der Waals surface area contributed by atoms with Gasteiger partial charge in [-0.25, -0.2) is 0 Å². The van der Waals surface area contributed by atoms with Crippen LogP contribution in [0.2, 0.25) is 0 Å². The number of methoxy groups -OCH3 is 1. The number of anilines is 1. The minimum atomic E-state index is -0.301. The first-order chi connectivity index (χ1) is 11.6. The molecule has 0 saturated carbocycles. The second-order valence-corrected chi connectivity index (χ2v) is 6.63. The van der Waals surface area contributed by atoms with Gasteiger partial charge in [0.05, 0.1) is 18.7 Å². The number of carbonyl (C=O) groups is 2. The number of benzene rings is 1. The minimum absolute atomic E-state index is 0. The summed E-state index contributed by atoms with van der Waals surface area (Å²) in [6.07, 6.45) is 2.32. The highest BCUT2D eigenvalue weighted by Gasteiger charge is 2.37. The normalized spacial score (nSPS) is 23.1. The van der Waals surface area contributed by atoms with Gasteiger partial charge in [0.15, 0.2) is 0 Å². The van der Waals surface area contributed by atoms with E-state index >= 15 is 0 Å². The Hall–Kier alpha value is -1.79. The van der Waals surface area contributed by atoms with Crippen LogP contribution in [-0.2, 0) is 9.59 Å². The van der Waals surface area contributed by atoms with Gasteiger partial charge in [-0.1, -0.05) is 6.07 Å². The van der Waals surface area contributed by atoms with Crippen molar-refractivity contribution >= 4 is 29.9 Å². The zero-order chi connectivity index (χ0) is 17.1. The minimum Gasteiger partial charge on any atom is -0.495 e. The van der Waals surface area contributed by atoms with Crippen LogP contribution in [-0.4, -0.2) is 44.6 Å². The largest absolute Gasteiger partial charge is 0.495 e. The van der Waals surface area contributed by atoms with Crippen LogP contribution in [0.4, 0.5) is 5.69 Å². The predicted octanol–water partition coefficient (Wildman–Crippen LogP) is 1.65. The molecule has 6 nitrogen and oxygen atoms in total. The van der Waals surface area contributed by atoms with E-state index in [9.17, 15) is 9.59 Å². The van der Waals surface area contributed by atoms with E-state index < -0.39 is 0 Å². The van der Waals surface area contributed by atoms with Gasteiger partial charge in [0.1, 0.15) is 5.75 Å². The van der Waals surface area contributed by atoms with Crippen molar-refractivity contribution < 1.29 is 14.3 Å². The standard InChI is InChI=1S/C18H25N3O3.ClH/c1-12-5-6-16(24-2)15(8-12)21-11-13(9-17(21)22)18(23)20-14-4-3-7-19-10-14;/h5-6,8,13-14,19H,3-4,7,9-11H2,1-2H3,(H,20,23);1H. The number of piperidine rings is 1. The van der Waals surface area contributed by atoms with Crippen molar-refractivity contribution in [3.05, 3.63) is 23.8 Å². The van der Waals surface area contributed by atoms with Crippen molar-refractivity contribution in [2.75, 3.05) is 31.6 Å². The van der Waals surface area contributed by atoms with E-state index in [2.05, 4.69) is 10.6 Å². The Labute approximate surface area is 154 Å². The van der Waals surface area contributed by atoms with E-state index in [0.29, 0.717) is 12.3 Å². The number of hydrogen-bond donors (Lipinski definition) is 2. The molecule has 2 heterocycles. The molecule has 2 aliphatic rings. The van der Waals surface area contributed by atoms with Crippen LogP contribution in [0.3, 0.4) is 0 Å². The Balaban J connectivity index is 0.00000225. The van der Waals surface area contributed by atoms with Gasteiger partial charge < -0.3 is 20.3 Å². The van der Waals surface area contributed by atoms with Crippen LogP contribution in [0.1, 0.15) is 24.8 Å². The lowest BCUT2D eigenvalue weighted by Crippen LogP contribution is -2.47. The highest BCUT2D eigenvalue weighted by atomic mass is 35.5. The van der Waals surface area contributed by atoms with Gasteiger partial charge in [-0.2, -0.15) is 0 Å². The molecule has 25 heavy (non-hydrogen) atoms. The smallest absolute Gasteiger partial charge is 0.227 e. The summed E-state index contributed by atoms with van der Waals surface area (Å²) in [6, 6.07) is 5.91. The maximum Gasteiger partial charge on any atom is 0.227 e. The summed E-state index contributed by atoms with van der Waals surface area (Å²) in [5.74, 6) is 0.308. The molecule has 2 saturated heterocycles. The Morgan fingerprint density at radius 2 is 2.20 bits per heavy atom. The predicted molar refractivity (Wildman–Crippen MR) is 99.5 cm³/mol. The van der Waals surface area contributed by atoms with Gasteiger partial charge in [-0.15, -0.1) is 12.4 Å². The molecule has 1 aromatic carbocycles. The Morgan fingerprint density at radius 3 is 2.88 bits per heavy atom. The van der Waals surface area contributed by atoms with Crippen LogP contribution in [0, 0.1) is 12.8 Å². The third-order valence-corrected chi connectivity index (χ3v) is 4.76. The molecule has 2 fully saturated rings. The highest BCUT2D eigenvalue weighted by molar-refractivity contribution is 6.01. The summed E-state index contributed by atoms with van der Waals surface area (Å²) < 4.78 is 5.38. The maximum atomic E-state index is 12.5. The molecular weight excluding hydrogens is 342 g/mol.